The third-order valence-corrected chi connectivity index (χ3v) is 6.08. The average Bonchev–Trinajstić information content (AvgIpc) is 3.51. The number of aromatic nitrogens is 3. The van der Waals surface area contributed by atoms with Gasteiger partial charge in [0, 0.05) is 44.4 Å². The largest absolute Gasteiger partial charge is 0.494 e. The highest BCUT2D eigenvalue weighted by atomic mass is 19.1. The molecule has 0 radical (unpaired) electrons. The normalized spacial score (nSPS) is 17.4. The number of hydrogen-bond acceptors (Lipinski definition) is 7. The van der Waals surface area contributed by atoms with Gasteiger partial charge in [0.2, 0.25) is 5.78 Å². The van der Waals surface area contributed by atoms with E-state index in [-0.39, 0.29) is 29.6 Å². The number of methoxy groups -OCH3 is 2. The lowest BCUT2D eigenvalue weighted by Gasteiger charge is -2.34. The highest BCUT2D eigenvalue weighted by molar-refractivity contribution is 5.91. The van der Waals surface area contributed by atoms with Crippen molar-refractivity contribution in [3.8, 4) is 22.8 Å². The van der Waals surface area contributed by atoms with Gasteiger partial charge < -0.3 is 23.6 Å². The van der Waals surface area contributed by atoms with E-state index >= 15 is 0 Å². The van der Waals surface area contributed by atoms with Crippen LogP contribution in [0, 0.1) is 5.82 Å². The summed E-state index contributed by atoms with van der Waals surface area (Å²) in [6, 6.07) is 3.25. The molecule has 1 N–H and O–H groups in total. The number of carbonyl (C=O) groups excluding carboxylic acids is 1. The quantitative estimate of drug-likeness (QED) is 0.272. The molecule has 1 fully saturated rings. The number of Topliss-reactive ketones (excluding diaryl/α,β-unsaturated/α-hetero) is 1. The number of H-pyrrole nitrogens is 1. The van der Waals surface area contributed by atoms with Crippen molar-refractivity contribution < 1.29 is 27.8 Å². The van der Waals surface area contributed by atoms with Gasteiger partial charge in [0.25, 0.3) is 5.89 Å². The Morgan fingerprint density at radius 1 is 1.15 bits per heavy atom. The summed E-state index contributed by atoms with van der Waals surface area (Å²) in [6.45, 7) is 0. The van der Waals surface area contributed by atoms with Gasteiger partial charge in [-0.2, -0.15) is 0 Å². The summed E-state index contributed by atoms with van der Waals surface area (Å²) < 4.78 is 36.5. The van der Waals surface area contributed by atoms with Gasteiger partial charge in [-0.25, -0.2) is 14.4 Å². The molecule has 0 bridgehead atoms. The Kier molecular flexibility index (Phi) is 7.95. The molecule has 2 heterocycles. The molecule has 1 aromatic carbocycles. The van der Waals surface area contributed by atoms with Gasteiger partial charge in [-0.05, 0) is 18.9 Å². The van der Waals surface area contributed by atoms with Crippen LogP contribution in [-0.4, -0.2) is 47.2 Å². The Morgan fingerprint density at radius 2 is 1.97 bits per heavy atom. The number of nitrogens with one attached hydrogen (secondary N) is 1. The van der Waals surface area contributed by atoms with Gasteiger partial charge in [-0.15, -0.1) is 0 Å². The van der Waals surface area contributed by atoms with Crippen molar-refractivity contribution in [3.05, 3.63) is 48.3 Å². The Hall–Kier alpha value is -3.20. The van der Waals surface area contributed by atoms with Crippen LogP contribution in [0.15, 0.2) is 35.2 Å². The summed E-state index contributed by atoms with van der Waals surface area (Å²) in [7, 11) is 3.13. The summed E-state index contributed by atoms with van der Waals surface area (Å²) in [4.78, 5) is 23.4. The van der Waals surface area contributed by atoms with Crippen LogP contribution in [0.4, 0.5) is 4.39 Å². The van der Waals surface area contributed by atoms with Crippen LogP contribution in [0.25, 0.3) is 11.3 Å². The van der Waals surface area contributed by atoms with E-state index < -0.39 is 5.82 Å². The molecular weight excluding hydrogens is 441 g/mol. The average molecular weight is 472 g/mol. The third-order valence-electron chi connectivity index (χ3n) is 6.08. The topological polar surface area (TPSA) is 99.5 Å². The van der Waals surface area contributed by atoms with Gasteiger partial charge in [-0.3, -0.25) is 4.79 Å². The van der Waals surface area contributed by atoms with Gasteiger partial charge in [0.05, 0.1) is 31.3 Å². The summed E-state index contributed by atoms with van der Waals surface area (Å²) >= 11 is 0. The van der Waals surface area contributed by atoms with E-state index in [1.165, 1.54) is 19.6 Å². The fourth-order valence-corrected chi connectivity index (χ4v) is 4.01. The number of hydrogen-bond donors (Lipinski definition) is 1. The van der Waals surface area contributed by atoms with Crippen LogP contribution in [0.5, 0.6) is 11.5 Å². The van der Waals surface area contributed by atoms with Crippen LogP contribution >= 0.6 is 0 Å². The van der Waals surface area contributed by atoms with E-state index in [1.807, 2.05) is 0 Å². The monoisotopic (exact) mass is 471 g/mol. The molecule has 0 aliphatic heterocycles. The molecule has 34 heavy (non-hydrogen) atoms. The molecule has 2 aromatic heterocycles. The van der Waals surface area contributed by atoms with Crippen LogP contribution in [0.2, 0.25) is 0 Å². The van der Waals surface area contributed by atoms with Crippen molar-refractivity contribution in [3.63, 3.8) is 0 Å². The minimum absolute atomic E-state index is 0.0518. The lowest BCUT2D eigenvalue weighted by atomic mass is 9.92. The second-order valence-electron chi connectivity index (χ2n) is 8.47. The number of oxazole rings is 1. The Balaban J connectivity index is 1.28. The van der Waals surface area contributed by atoms with Gasteiger partial charge >= 0.3 is 0 Å². The third kappa shape index (κ3) is 5.83. The molecule has 8 nitrogen and oxygen atoms in total. The van der Waals surface area contributed by atoms with Crippen molar-refractivity contribution >= 4 is 5.78 Å². The van der Waals surface area contributed by atoms with Crippen LogP contribution < -0.4 is 9.47 Å². The number of benzene rings is 1. The van der Waals surface area contributed by atoms with Gasteiger partial charge in [0.15, 0.2) is 11.6 Å². The standard InChI is InChI=1S/C25H30FN3O5/c1-31-16-11-17(12-16)34-18-13-19(24(26)22(14-18)32-2)20-15-28-23(29-20)8-6-4-3-5-7-21(30)25-27-9-10-33-25/h9-10,13-17H,3-8,11-12H2,1-2H3,(H,28,29)/t16-,17-. The molecule has 4 rings (SSSR count). The lowest BCUT2D eigenvalue weighted by molar-refractivity contribution is -0.0381. The molecule has 1 aliphatic rings. The lowest BCUT2D eigenvalue weighted by Crippen LogP contribution is -2.38. The minimum Gasteiger partial charge on any atom is -0.494 e. The second-order valence-corrected chi connectivity index (χ2v) is 8.47. The zero-order valence-corrected chi connectivity index (χ0v) is 19.5. The number of nitrogens with zero attached hydrogens (tertiary/aromatic N) is 2. The zero-order valence-electron chi connectivity index (χ0n) is 19.5. The highest BCUT2D eigenvalue weighted by Gasteiger charge is 2.31. The fraction of sp³-hybridized carbons (Fsp3) is 0.480. The molecule has 3 aromatic rings. The van der Waals surface area contributed by atoms with Crippen molar-refractivity contribution in [2.45, 2.75) is 63.6 Å². The van der Waals surface area contributed by atoms with E-state index in [0.29, 0.717) is 23.4 Å². The summed E-state index contributed by atoms with van der Waals surface area (Å²) in [6.07, 6.45) is 11.2. The number of carbonyl (C=O) groups is 1. The molecule has 0 atom stereocenters. The maximum Gasteiger partial charge on any atom is 0.263 e. The SMILES string of the molecule is COc1cc(O[C@H]2C[C@H](OC)C2)cc(-c2cnc(CCCCCCC(=O)c3ncco3)[nH]2)c1F. The maximum absolute atomic E-state index is 15.0. The molecule has 1 aliphatic carbocycles. The predicted molar refractivity (Wildman–Crippen MR) is 123 cm³/mol. The van der Waals surface area contributed by atoms with E-state index in [2.05, 4.69) is 15.0 Å². The highest BCUT2D eigenvalue weighted by Crippen LogP contribution is 2.36. The number of imidazole rings is 1. The van der Waals surface area contributed by atoms with Crippen molar-refractivity contribution in [1.82, 2.24) is 15.0 Å². The smallest absolute Gasteiger partial charge is 0.263 e. The van der Waals surface area contributed by atoms with Crippen LogP contribution in [0.1, 0.15) is 61.5 Å². The summed E-state index contributed by atoms with van der Waals surface area (Å²) in [5.74, 6) is 1.13. The van der Waals surface area contributed by atoms with Gasteiger partial charge in [0.1, 0.15) is 23.9 Å². The first-order valence-corrected chi connectivity index (χ1v) is 11.6. The first-order valence-electron chi connectivity index (χ1n) is 11.6. The molecule has 0 unspecified atom stereocenters. The Bertz CT molecular complexity index is 1080. The molecule has 182 valence electrons. The van der Waals surface area contributed by atoms with Crippen LogP contribution in [0.3, 0.4) is 0 Å². The molecule has 0 saturated heterocycles. The molecule has 0 amide bonds. The van der Waals surface area contributed by atoms with E-state index in [9.17, 15) is 9.18 Å². The first kappa shape index (κ1) is 23.9. The number of unbranched alkanes of at least 4 members (excludes halogenated alkanes) is 3. The first-order chi connectivity index (χ1) is 16.6. The predicted octanol–water partition coefficient (Wildman–Crippen LogP) is 5.14. The number of aryl methyl sites for hydroxylation is 1. The van der Waals surface area contributed by atoms with E-state index in [1.54, 1.807) is 25.4 Å². The Morgan fingerprint density at radius 3 is 2.71 bits per heavy atom. The molecule has 9 heteroatoms. The Labute approximate surface area is 197 Å². The molecular formula is C25H30FN3O5. The van der Waals surface area contributed by atoms with Crippen LogP contribution in [-0.2, 0) is 11.2 Å². The number of aromatic amines is 1. The summed E-state index contributed by atoms with van der Waals surface area (Å²) in [5.41, 5.74) is 0.942. The number of rotatable bonds is 13. The van der Waals surface area contributed by atoms with Crippen molar-refractivity contribution in [2.75, 3.05) is 14.2 Å². The number of halogens is 1. The summed E-state index contributed by atoms with van der Waals surface area (Å²) in [5, 5.41) is 0. The van der Waals surface area contributed by atoms with Crippen molar-refractivity contribution in [1.29, 1.82) is 0 Å². The van der Waals surface area contributed by atoms with E-state index in [4.69, 9.17) is 18.6 Å². The van der Waals surface area contributed by atoms with Gasteiger partial charge in [-0.1, -0.05) is 12.8 Å². The zero-order chi connectivity index (χ0) is 23.9. The van der Waals surface area contributed by atoms with Crippen molar-refractivity contribution in [2.24, 2.45) is 0 Å². The number of ketones is 1. The molecule has 0 spiro atoms. The van der Waals surface area contributed by atoms with E-state index in [0.717, 1.165) is 50.8 Å². The minimum atomic E-state index is -0.454. The second kappa shape index (κ2) is 11.3. The fourth-order valence-electron chi connectivity index (χ4n) is 4.01. The maximum atomic E-state index is 15.0. The molecule has 1 saturated carbocycles. The number of ether oxygens (including phenoxy) is 3.